The molecular weight excluding hydrogens is 383 g/mol. The van der Waals surface area contributed by atoms with Crippen LogP contribution in [0.5, 0.6) is 0 Å². The molecule has 146 valence electrons. The molecule has 0 bridgehead atoms. The third-order valence-electron chi connectivity index (χ3n) is 4.66. The molecule has 3 aromatic rings. The first kappa shape index (κ1) is 18.7. The van der Waals surface area contributed by atoms with E-state index >= 15 is 0 Å². The van der Waals surface area contributed by atoms with E-state index in [2.05, 4.69) is 20.4 Å². The zero-order valence-electron chi connectivity index (χ0n) is 15.0. The maximum Gasteiger partial charge on any atom is 0.243 e. The Morgan fingerprint density at radius 2 is 1.71 bits per heavy atom. The lowest BCUT2D eigenvalue weighted by Gasteiger charge is -2.33. The van der Waals surface area contributed by atoms with Gasteiger partial charge in [-0.05, 0) is 40.8 Å². The molecule has 0 radical (unpaired) electrons. The molecule has 1 aliphatic rings. The summed E-state index contributed by atoms with van der Waals surface area (Å²) in [6.07, 6.45) is 0. The molecule has 0 aliphatic carbocycles. The van der Waals surface area contributed by atoms with Crippen LogP contribution in [0.25, 0.3) is 5.69 Å². The van der Waals surface area contributed by atoms with E-state index in [1.54, 1.807) is 4.68 Å². The number of benzene rings is 2. The number of rotatable bonds is 5. The minimum Gasteiger partial charge on any atom is -0.293 e. The lowest BCUT2D eigenvalue weighted by molar-refractivity contribution is 0.177. The van der Waals surface area contributed by atoms with Gasteiger partial charge in [0.2, 0.25) is 10.0 Å². The Balaban J connectivity index is 1.42. The highest BCUT2D eigenvalue weighted by Crippen LogP contribution is 2.19. The van der Waals surface area contributed by atoms with Crippen molar-refractivity contribution in [3.05, 3.63) is 66.2 Å². The van der Waals surface area contributed by atoms with Crippen molar-refractivity contribution in [2.24, 2.45) is 0 Å². The van der Waals surface area contributed by atoms with Crippen molar-refractivity contribution in [3.8, 4) is 5.69 Å². The number of aromatic nitrogens is 4. The number of sulfonamides is 1. The van der Waals surface area contributed by atoms with Gasteiger partial charge in [0.05, 0.1) is 17.1 Å². The topological polar surface area (TPSA) is 84.2 Å². The van der Waals surface area contributed by atoms with Crippen LogP contribution in [-0.2, 0) is 16.6 Å². The van der Waals surface area contributed by atoms with Crippen molar-refractivity contribution < 1.29 is 12.8 Å². The number of para-hydroxylation sites is 1. The largest absolute Gasteiger partial charge is 0.293 e. The average Bonchev–Trinajstić information content (AvgIpc) is 3.17. The summed E-state index contributed by atoms with van der Waals surface area (Å²) in [6, 6.07) is 14.7. The summed E-state index contributed by atoms with van der Waals surface area (Å²) in [5.74, 6) is 0.125. The van der Waals surface area contributed by atoms with Crippen molar-refractivity contribution >= 4 is 10.0 Å². The van der Waals surface area contributed by atoms with Crippen molar-refractivity contribution in [3.63, 3.8) is 0 Å². The van der Waals surface area contributed by atoms with Crippen LogP contribution in [0.3, 0.4) is 0 Å². The van der Waals surface area contributed by atoms with Crippen LogP contribution < -0.4 is 0 Å². The molecule has 1 aliphatic heterocycles. The fourth-order valence-corrected chi connectivity index (χ4v) is 4.63. The van der Waals surface area contributed by atoms with Crippen molar-refractivity contribution in [1.29, 1.82) is 0 Å². The minimum atomic E-state index is -3.70. The van der Waals surface area contributed by atoms with Crippen LogP contribution in [0, 0.1) is 5.82 Å². The molecule has 1 aromatic heterocycles. The average molecular weight is 402 g/mol. The molecular formula is C18H19FN6O2S. The van der Waals surface area contributed by atoms with Gasteiger partial charge < -0.3 is 0 Å². The van der Waals surface area contributed by atoms with E-state index in [9.17, 15) is 12.8 Å². The number of nitrogens with zero attached hydrogens (tertiary/aromatic N) is 6. The van der Waals surface area contributed by atoms with Gasteiger partial charge >= 0.3 is 0 Å². The summed E-state index contributed by atoms with van der Waals surface area (Å²) in [5, 5.41) is 11.9. The fraction of sp³-hybridized carbons (Fsp3) is 0.278. The Kier molecular flexibility index (Phi) is 5.16. The van der Waals surface area contributed by atoms with Gasteiger partial charge in [-0.25, -0.2) is 12.8 Å². The molecule has 0 amide bonds. The van der Waals surface area contributed by atoms with Crippen LogP contribution in [0.2, 0.25) is 0 Å². The smallest absolute Gasteiger partial charge is 0.243 e. The van der Waals surface area contributed by atoms with Gasteiger partial charge in [0.25, 0.3) is 0 Å². The molecule has 10 heteroatoms. The third kappa shape index (κ3) is 3.79. The van der Waals surface area contributed by atoms with Crippen LogP contribution in [0.15, 0.2) is 59.5 Å². The summed E-state index contributed by atoms with van der Waals surface area (Å²) in [6.45, 7) is 2.24. The lowest BCUT2D eigenvalue weighted by atomic mass is 10.3. The number of hydrogen-bond donors (Lipinski definition) is 0. The second-order valence-corrected chi connectivity index (χ2v) is 8.42. The molecule has 0 N–H and O–H groups in total. The summed E-state index contributed by atoms with van der Waals surface area (Å²) in [4.78, 5) is 2.08. The normalized spacial score (nSPS) is 16.3. The highest BCUT2D eigenvalue weighted by molar-refractivity contribution is 7.89. The SMILES string of the molecule is O=S(=O)(c1cccc(F)c1)N1CCN(Cc2nnnn2-c2ccccc2)CC1. The second kappa shape index (κ2) is 7.74. The zero-order chi connectivity index (χ0) is 19.6. The van der Waals surface area contributed by atoms with Crippen LogP contribution in [0.4, 0.5) is 4.39 Å². The summed E-state index contributed by atoms with van der Waals surface area (Å²) in [5.41, 5.74) is 0.870. The molecule has 1 fully saturated rings. The lowest BCUT2D eigenvalue weighted by Crippen LogP contribution is -2.48. The van der Waals surface area contributed by atoms with Gasteiger partial charge in [-0.15, -0.1) is 5.10 Å². The highest BCUT2D eigenvalue weighted by Gasteiger charge is 2.29. The number of piperazine rings is 1. The Morgan fingerprint density at radius 1 is 0.964 bits per heavy atom. The standard InChI is InChI=1S/C18H19FN6O2S/c19-15-5-4-8-17(13-15)28(26,27)24-11-9-23(10-12-24)14-18-20-21-22-25(18)16-6-2-1-3-7-16/h1-8,13H,9-12,14H2. The van der Waals surface area contributed by atoms with Crippen LogP contribution in [0.1, 0.15) is 5.82 Å². The first-order chi connectivity index (χ1) is 13.5. The van der Waals surface area contributed by atoms with Crippen LogP contribution >= 0.6 is 0 Å². The van der Waals surface area contributed by atoms with E-state index in [1.807, 2.05) is 30.3 Å². The highest BCUT2D eigenvalue weighted by atomic mass is 32.2. The molecule has 0 unspecified atom stereocenters. The molecule has 2 heterocycles. The third-order valence-corrected chi connectivity index (χ3v) is 6.56. The van der Waals surface area contributed by atoms with Gasteiger partial charge in [-0.3, -0.25) is 4.90 Å². The molecule has 0 saturated carbocycles. The zero-order valence-corrected chi connectivity index (χ0v) is 15.8. The van der Waals surface area contributed by atoms with Gasteiger partial charge in [0, 0.05) is 26.2 Å². The molecule has 28 heavy (non-hydrogen) atoms. The quantitative estimate of drug-likeness (QED) is 0.640. The molecule has 8 nitrogen and oxygen atoms in total. The second-order valence-electron chi connectivity index (χ2n) is 6.48. The van der Waals surface area contributed by atoms with E-state index in [4.69, 9.17) is 0 Å². The first-order valence-electron chi connectivity index (χ1n) is 8.85. The summed E-state index contributed by atoms with van der Waals surface area (Å²) >= 11 is 0. The van der Waals surface area contributed by atoms with Crippen molar-refractivity contribution in [2.45, 2.75) is 11.4 Å². The first-order valence-corrected chi connectivity index (χ1v) is 10.3. The molecule has 4 rings (SSSR count). The predicted octanol–water partition coefficient (Wildman–Crippen LogP) is 1.31. The number of halogens is 1. The van der Waals surface area contributed by atoms with E-state index in [0.717, 1.165) is 11.8 Å². The van der Waals surface area contributed by atoms with E-state index in [0.29, 0.717) is 38.5 Å². The van der Waals surface area contributed by atoms with Gasteiger partial charge in [-0.2, -0.15) is 8.99 Å². The predicted molar refractivity (Wildman–Crippen MR) is 99.6 cm³/mol. The van der Waals surface area contributed by atoms with Gasteiger partial charge in [0.15, 0.2) is 5.82 Å². The monoisotopic (exact) mass is 402 g/mol. The molecule has 2 aromatic carbocycles. The fourth-order valence-electron chi connectivity index (χ4n) is 3.18. The van der Waals surface area contributed by atoms with E-state index in [-0.39, 0.29) is 4.90 Å². The summed E-state index contributed by atoms with van der Waals surface area (Å²) in [7, 11) is -3.70. The minimum absolute atomic E-state index is 0.0195. The molecule has 0 atom stereocenters. The van der Waals surface area contributed by atoms with Crippen LogP contribution in [-0.4, -0.2) is 64.0 Å². The Labute approximate surface area is 162 Å². The Hall–Kier alpha value is -2.69. The molecule has 1 saturated heterocycles. The maximum atomic E-state index is 13.4. The Morgan fingerprint density at radius 3 is 2.43 bits per heavy atom. The van der Waals surface area contributed by atoms with E-state index in [1.165, 1.54) is 22.5 Å². The summed E-state index contributed by atoms with van der Waals surface area (Å²) < 4.78 is 41.9. The number of hydrogen-bond acceptors (Lipinski definition) is 6. The van der Waals surface area contributed by atoms with E-state index < -0.39 is 15.8 Å². The van der Waals surface area contributed by atoms with Gasteiger partial charge in [-0.1, -0.05) is 24.3 Å². The Bertz CT molecular complexity index is 1050. The maximum absolute atomic E-state index is 13.4. The number of tetrazole rings is 1. The van der Waals surface area contributed by atoms with Gasteiger partial charge in [0.1, 0.15) is 5.82 Å². The molecule has 0 spiro atoms. The van der Waals surface area contributed by atoms with Crippen molar-refractivity contribution in [2.75, 3.05) is 26.2 Å². The van der Waals surface area contributed by atoms with Crippen molar-refractivity contribution in [1.82, 2.24) is 29.4 Å².